The van der Waals surface area contributed by atoms with E-state index in [-0.39, 0.29) is 35.9 Å². The van der Waals surface area contributed by atoms with Crippen molar-refractivity contribution in [3.05, 3.63) is 12.7 Å². The smallest absolute Gasteiger partial charge is 0.386 e. The Morgan fingerprint density at radius 2 is 1.78 bits per heavy atom. The molecule has 10 N–H and O–H groups in total. The number of aromatic nitrogens is 4. The second-order valence-electron chi connectivity index (χ2n) is 11.3. The van der Waals surface area contributed by atoms with E-state index in [1.165, 1.54) is 13.8 Å². The third-order valence-corrected chi connectivity index (χ3v) is 10.9. The number of imidazole rings is 1. The monoisotopic (exact) mass is 795 g/mol. The summed E-state index contributed by atoms with van der Waals surface area (Å²) in [6, 6.07) is 0. The summed E-state index contributed by atoms with van der Waals surface area (Å²) in [6.07, 6.45) is -6.69. The lowest BCUT2D eigenvalue weighted by atomic mass is 9.87. The van der Waals surface area contributed by atoms with Crippen LogP contribution in [0.15, 0.2) is 12.7 Å². The number of thioether (sulfide) groups is 1. The van der Waals surface area contributed by atoms with E-state index in [4.69, 9.17) is 19.5 Å². The number of phosphoric ester groups is 3. The fraction of sp³-hybridized carbons (Fsp3) is 0.696. The van der Waals surface area contributed by atoms with Crippen molar-refractivity contribution in [3.63, 3.8) is 0 Å². The van der Waals surface area contributed by atoms with Crippen molar-refractivity contribution in [2.75, 3.05) is 43.5 Å². The van der Waals surface area contributed by atoms with Crippen LogP contribution in [0.5, 0.6) is 0 Å². The molecule has 2 aromatic rings. The van der Waals surface area contributed by atoms with Gasteiger partial charge in [-0.05, 0) is 5.75 Å². The van der Waals surface area contributed by atoms with Gasteiger partial charge in [0.2, 0.25) is 11.8 Å². The first-order valence-corrected chi connectivity index (χ1v) is 20.3. The number of carbonyl (C=O) groups excluding carboxylic acids is 2. The number of rotatable bonds is 20. The molecule has 1 fully saturated rings. The normalized spacial score (nSPS) is 22.9. The van der Waals surface area contributed by atoms with Gasteiger partial charge in [-0.15, -0.1) is 0 Å². The van der Waals surface area contributed by atoms with Crippen molar-refractivity contribution >= 4 is 64.0 Å². The molecule has 27 heteroatoms. The maximum Gasteiger partial charge on any atom is 0.481 e. The molecule has 0 aromatic carbocycles. The molecular weight excluding hydrogens is 755 g/mol. The van der Waals surface area contributed by atoms with Crippen LogP contribution in [0.25, 0.3) is 11.2 Å². The second kappa shape index (κ2) is 17.6. The number of amides is 2. The predicted molar refractivity (Wildman–Crippen MR) is 173 cm³/mol. The summed E-state index contributed by atoms with van der Waals surface area (Å²) in [5.41, 5.74) is 4.32. The van der Waals surface area contributed by atoms with E-state index in [2.05, 4.69) is 34.4 Å². The van der Waals surface area contributed by atoms with Gasteiger partial charge in [0.05, 0.1) is 19.5 Å². The summed E-state index contributed by atoms with van der Waals surface area (Å²) in [4.78, 5) is 75.1. The predicted octanol–water partition coefficient (Wildman–Crippen LogP) is -0.842. The SMILES string of the molecule is CCSCCNC(=O)CCNC(=O)C(O)C(C)(C)COP(=O)(O)OP(=O)(O)OC[C@H]1O[C@@H](n2cnc3c(N)ncnc32)[C@@H](O)C1OP(=O)(O)O. The number of nitrogen functional groups attached to an aromatic ring is 1. The number of nitrogens with two attached hydrogens (primary N) is 1. The average Bonchev–Trinajstić information content (AvgIpc) is 3.57. The lowest BCUT2D eigenvalue weighted by molar-refractivity contribution is -0.137. The Labute approximate surface area is 289 Å². The van der Waals surface area contributed by atoms with Gasteiger partial charge in [-0.25, -0.2) is 28.6 Å². The van der Waals surface area contributed by atoms with Gasteiger partial charge in [-0.2, -0.15) is 16.1 Å². The highest BCUT2D eigenvalue weighted by molar-refractivity contribution is 7.99. The molecule has 0 radical (unpaired) electrons. The molecule has 50 heavy (non-hydrogen) atoms. The number of aliphatic hydroxyl groups excluding tert-OH is 2. The number of ether oxygens (including phenoxy) is 1. The number of hydrogen-bond donors (Lipinski definition) is 9. The lowest BCUT2D eigenvalue weighted by Crippen LogP contribution is -2.46. The van der Waals surface area contributed by atoms with Crippen molar-refractivity contribution < 1.29 is 75.7 Å². The fourth-order valence-corrected chi connectivity index (χ4v) is 7.71. The van der Waals surface area contributed by atoms with Crippen LogP contribution < -0.4 is 16.4 Å². The van der Waals surface area contributed by atoms with E-state index in [1.54, 1.807) is 11.8 Å². The number of fused-ring (bicyclic) bond motifs is 1. The zero-order chi connectivity index (χ0) is 37.5. The third kappa shape index (κ3) is 12.2. The summed E-state index contributed by atoms with van der Waals surface area (Å²) in [5, 5.41) is 26.4. The minimum atomic E-state index is -5.54. The summed E-state index contributed by atoms with van der Waals surface area (Å²) >= 11 is 1.64. The molecule has 2 amide bonds. The van der Waals surface area contributed by atoms with E-state index in [0.717, 1.165) is 28.7 Å². The minimum absolute atomic E-state index is 0.0343. The van der Waals surface area contributed by atoms with E-state index < -0.39 is 78.6 Å². The van der Waals surface area contributed by atoms with Crippen LogP contribution in [0.4, 0.5) is 5.82 Å². The van der Waals surface area contributed by atoms with E-state index in [9.17, 15) is 53.1 Å². The summed E-state index contributed by atoms with van der Waals surface area (Å²) < 4.78 is 61.9. The largest absolute Gasteiger partial charge is 0.481 e. The molecule has 1 aliphatic rings. The first-order chi connectivity index (χ1) is 23.2. The fourth-order valence-electron chi connectivity index (χ4n) is 4.35. The molecule has 23 nitrogen and oxygen atoms in total. The van der Waals surface area contributed by atoms with Gasteiger partial charge >= 0.3 is 23.5 Å². The van der Waals surface area contributed by atoms with Gasteiger partial charge < -0.3 is 50.9 Å². The van der Waals surface area contributed by atoms with Crippen molar-refractivity contribution in [2.45, 2.75) is 57.8 Å². The quantitative estimate of drug-likeness (QED) is 0.0582. The molecule has 7 atom stereocenters. The number of phosphoric acid groups is 3. The average molecular weight is 796 g/mol. The first-order valence-electron chi connectivity index (χ1n) is 14.6. The highest BCUT2D eigenvalue weighted by Crippen LogP contribution is 2.61. The number of aliphatic hydroxyl groups is 2. The molecule has 0 bridgehead atoms. The van der Waals surface area contributed by atoms with Crippen LogP contribution in [0.2, 0.25) is 0 Å². The number of nitrogens with zero attached hydrogens (tertiary/aromatic N) is 4. The Bertz CT molecular complexity index is 1630. The van der Waals surface area contributed by atoms with Crippen LogP contribution in [0.3, 0.4) is 0 Å². The van der Waals surface area contributed by atoms with E-state index in [1.807, 2.05) is 6.92 Å². The topological polar surface area (TPSA) is 347 Å². The van der Waals surface area contributed by atoms with Gasteiger partial charge in [0.1, 0.15) is 36.3 Å². The van der Waals surface area contributed by atoms with Crippen molar-refractivity contribution in [1.82, 2.24) is 30.2 Å². The molecule has 284 valence electrons. The molecule has 2 aromatic heterocycles. The van der Waals surface area contributed by atoms with Crippen LogP contribution >= 0.6 is 35.2 Å². The number of carbonyl (C=O) groups is 2. The molecule has 3 heterocycles. The van der Waals surface area contributed by atoms with Gasteiger partial charge in [-0.3, -0.25) is 27.7 Å². The summed E-state index contributed by atoms with van der Waals surface area (Å²) in [5.74, 6) is 0.344. The number of hydrogen-bond acceptors (Lipinski definition) is 17. The second-order valence-corrected chi connectivity index (χ2v) is 16.9. The summed E-state index contributed by atoms with van der Waals surface area (Å²) in [6.45, 7) is 2.90. The van der Waals surface area contributed by atoms with Crippen molar-refractivity contribution in [1.29, 1.82) is 0 Å². The molecular formula is C23H40N7O16P3S. The Kier molecular flexibility index (Phi) is 14.9. The van der Waals surface area contributed by atoms with Gasteiger partial charge in [0.25, 0.3) is 0 Å². The maximum absolute atomic E-state index is 12.6. The lowest BCUT2D eigenvalue weighted by Gasteiger charge is -2.30. The zero-order valence-corrected chi connectivity index (χ0v) is 30.4. The van der Waals surface area contributed by atoms with E-state index in [0.29, 0.717) is 6.54 Å². The molecule has 1 aliphatic heterocycles. The van der Waals surface area contributed by atoms with Crippen LogP contribution in [-0.2, 0) is 45.9 Å². The highest BCUT2D eigenvalue weighted by atomic mass is 32.2. The summed E-state index contributed by atoms with van der Waals surface area (Å²) in [7, 11) is -16.3. The molecule has 0 aliphatic carbocycles. The Balaban J connectivity index is 1.57. The Morgan fingerprint density at radius 3 is 2.44 bits per heavy atom. The Hall–Kier alpha value is -2.11. The van der Waals surface area contributed by atoms with Gasteiger partial charge in [0.15, 0.2) is 17.7 Å². The maximum atomic E-state index is 12.6. The molecule has 4 unspecified atom stereocenters. The molecule has 3 rings (SSSR count). The number of anilines is 1. The van der Waals surface area contributed by atoms with Crippen molar-refractivity contribution in [3.8, 4) is 0 Å². The molecule has 0 saturated carbocycles. The zero-order valence-electron chi connectivity index (χ0n) is 26.9. The van der Waals surface area contributed by atoms with Crippen LogP contribution in [0.1, 0.15) is 33.4 Å². The molecule has 0 spiro atoms. The molecule has 1 saturated heterocycles. The van der Waals surface area contributed by atoms with Crippen molar-refractivity contribution in [2.24, 2.45) is 5.41 Å². The third-order valence-electron chi connectivity index (χ3n) is 6.85. The van der Waals surface area contributed by atoms with Gasteiger partial charge in [0, 0.05) is 30.7 Å². The standard InChI is InChI=1S/C23H40N7O16P3S/c1-4-50-8-7-25-14(31)5-6-26-21(34)18(33)23(2,3)10-43-49(40,41)46-48(38,39)42-9-13-17(45-47(35,36)37)16(32)22(44-13)30-12-29-15-19(24)27-11-28-20(15)30/h11-13,16-18,22,32-33H,4-10H2,1-3H3,(H,25,31)(H,26,34)(H,38,39)(H,40,41)(H2,24,27,28)(H2,35,36,37)/t13-,16+,17?,18?,22-/m1/s1. The highest BCUT2D eigenvalue weighted by Gasteiger charge is 2.50. The minimum Gasteiger partial charge on any atom is -0.386 e. The van der Waals surface area contributed by atoms with Crippen LogP contribution in [-0.4, -0.2) is 123 Å². The van der Waals surface area contributed by atoms with Crippen LogP contribution in [0, 0.1) is 5.41 Å². The van der Waals surface area contributed by atoms with E-state index >= 15 is 0 Å². The Morgan fingerprint density at radius 1 is 1.10 bits per heavy atom. The van der Waals surface area contributed by atoms with Gasteiger partial charge in [-0.1, -0.05) is 20.8 Å². The number of nitrogens with one attached hydrogen (secondary N) is 2. The first kappa shape index (κ1) is 42.3.